The van der Waals surface area contributed by atoms with E-state index in [9.17, 15) is 19.2 Å². The summed E-state index contributed by atoms with van der Waals surface area (Å²) in [5.41, 5.74) is 13.6. The van der Waals surface area contributed by atoms with Crippen LogP contribution in [0, 0.1) is 5.92 Å². The molecule has 0 bridgehead atoms. The second kappa shape index (κ2) is 14.2. The fraction of sp³-hybridized carbons (Fsp3) is 0.448. The SMILES string of the molecule is CC(=O)N[C@@H](Cc1ccc(C(N)=[NH2+])cc1)C(=O)NC(C(=O)N[C@@H](Cc1ccc[n+](C)c1)C(N)=O)C1CCCCC1. The molecular weight excluding hydrogens is 510 g/mol. The van der Waals surface area contributed by atoms with Gasteiger partial charge in [0, 0.05) is 31.4 Å². The second-order valence-electron chi connectivity index (χ2n) is 10.5. The summed E-state index contributed by atoms with van der Waals surface area (Å²) in [6.07, 6.45) is 8.59. The van der Waals surface area contributed by atoms with Gasteiger partial charge in [-0.25, -0.2) is 4.57 Å². The molecule has 1 aromatic heterocycles. The summed E-state index contributed by atoms with van der Waals surface area (Å²) in [7, 11) is 1.86. The number of hydrogen-bond acceptors (Lipinski definition) is 4. The molecule has 0 spiro atoms. The van der Waals surface area contributed by atoms with E-state index in [0.29, 0.717) is 5.56 Å². The van der Waals surface area contributed by atoms with Gasteiger partial charge in [-0.2, -0.15) is 0 Å². The van der Waals surface area contributed by atoms with Gasteiger partial charge in [0.25, 0.3) is 5.84 Å². The molecule has 1 aliphatic rings. The van der Waals surface area contributed by atoms with Crippen molar-refractivity contribution in [3.05, 3.63) is 65.5 Å². The van der Waals surface area contributed by atoms with Gasteiger partial charge in [0.05, 0.1) is 5.56 Å². The minimum atomic E-state index is -0.950. The summed E-state index contributed by atoms with van der Waals surface area (Å²) in [6.45, 7) is 1.33. The van der Waals surface area contributed by atoms with Gasteiger partial charge < -0.3 is 21.7 Å². The Labute approximate surface area is 234 Å². The van der Waals surface area contributed by atoms with Crippen molar-refractivity contribution in [2.75, 3.05) is 0 Å². The first-order chi connectivity index (χ1) is 19.0. The molecule has 0 aliphatic heterocycles. The summed E-state index contributed by atoms with van der Waals surface area (Å²) in [4.78, 5) is 51.4. The number of aromatic nitrogens is 1. The fourth-order valence-corrected chi connectivity index (χ4v) is 5.13. The van der Waals surface area contributed by atoms with Crippen molar-refractivity contribution in [1.29, 1.82) is 0 Å². The van der Waals surface area contributed by atoms with Crippen LogP contribution in [0.3, 0.4) is 0 Å². The molecule has 1 unspecified atom stereocenters. The van der Waals surface area contributed by atoms with Gasteiger partial charge in [0.2, 0.25) is 23.6 Å². The highest BCUT2D eigenvalue weighted by molar-refractivity contribution is 5.94. The van der Waals surface area contributed by atoms with Gasteiger partial charge in [-0.05, 0) is 42.5 Å². The number of benzene rings is 1. The third-order valence-corrected chi connectivity index (χ3v) is 7.22. The minimum absolute atomic E-state index is 0.110. The number of rotatable bonds is 12. The highest BCUT2D eigenvalue weighted by Gasteiger charge is 2.35. The number of amides is 4. The third kappa shape index (κ3) is 8.89. The zero-order chi connectivity index (χ0) is 29.2. The lowest BCUT2D eigenvalue weighted by molar-refractivity contribution is -0.671. The molecule has 1 fully saturated rings. The van der Waals surface area contributed by atoms with Gasteiger partial charge >= 0.3 is 0 Å². The molecule has 1 aliphatic carbocycles. The molecule has 214 valence electrons. The predicted molar refractivity (Wildman–Crippen MR) is 149 cm³/mol. The number of hydrogen-bond donors (Lipinski definition) is 6. The predicted octanol–water partition coefficient (Wildman–Crippen LogP) is -1.70. The van der Waals surface area contributed by atoms with Crippen molar-refractivity contribution in [2.45, 2.75) is 70.0 Å². The molecule has 9 N–H and O–H groups in total. The monoisotopic (exact) mass is 551 g/mol. The van der Waals surface area contributed by atoms with Gasteiger partial charge in [-0.3, -0.25) is 30.3 Å². The number of nitrogens with zero attached hydrogens (tertiary/aromatic N) is 1. The van der Waals surface area contributed by atoms with E-state index in [2.05, 4.69) is 16.0 Å². The van der Waals surface area contributed by atoms with Crippen LogP contribution >= 0.6 is 0 Å². The van der Waals surface area contributed by atoms with E-state index in [4.69, 9.17) is 16.9 Å². The lowest BCUT2D eigenvalue weighted by Crippen LogP contribution is -2.59. The molecule has 4 amide bonds. The first-order valence-corrected chi connectivity index (χ1v) is 13.6. The van der Waals surface area contributed by atoms with E-state index in [0.717, 1.165) is 43.2 Å². The van der Waals surface area contributed by atoms with E-state index >= 15 is 0 Å². The molecule has 1 saturated carbocycles. The van der Waals surface area contributed by atoms with Crippen LogP contribution in [0.4, 0.5) is 0 Å². The number of nitrogens with two attached hydrogens (primary N) is 3. The number of nitrogens with one attached hydrogen (secondary N) is 3. The fourth-order valence-electron chi connectivity index (χ4n) is 5.13. The Balaban J connectivity index is 1.79. The van der Waals surface area contributed by atoms with Crippen molar-refractivity contribution in [3.8, 4) is 0 Å². The molecule has 1 aromatic carbocycles. The summed E-state index contributed by atoms with van der Waals surface area (Å²) >= 11 is 0. The first-order valence-electron chi connectivity index (χ1n) is 13.6. The number of aryl methyl sites for hydroxylation is 1. The summed E-state index contributed by atoms with van der Waals surface area (Å²) in [5, 5.41) is 14.0. The Morgan fingerprint density at radius 3 is 2.12 bits per heavy atom. The molecule has 0 radical (unpaired) electrons. The van der Waals surface area contributed by atoms with Gasteiger partial charge in [0.15, 0.2) is 12.4 Å². The van der Waals surface area contributed by atoms with Crippen LogP contribution in [-0.2, 0) is 39.1 Å². The zero-order valence-corrected chi connectivity index (χ0v) is 23.2. The molecular formula is C29H41N7O4+2. The molecule has 2 aromatic rings. The molecule has 1 heterocycles. The van der Waals surface area contributed by atoms with Crippen LogP contribution in [0.5, 0.6) is 0 Å². The van der Waals surface area contributed by atoms with Gasteiger partial charge in [-0.15, -0.1) is 0 Å². The largest absolute Gasteiger partial charge is 0.368 e. The lowest BCUT2D eigenvalue weighted by atomic mass is 9.83. The maximum atomic E-state index is 13.6. The highest BCUT2D eigenvalue weighted by atomic mass is 16.2. The van der Waals surface area contributed by atoms with Gasteiger partial charge in [0.1, 0.15) is 25.2 Å². The lowest BCUT2D eigenvalue weighted by Gasteiger charge is -2.32. The van der Waals surface area contributed by atoms with Crippen LogP contribution in [0.1, 0.15) is 55.7 Å². The van der Waals surface area contributed by atoms with Crippen LogP contribution in [-0.4, -0.2) is 47.6 Å². The Kier molecular flexibility index (Phi) is 10.7. The van der Waals surface area contributed by atoms with E-state index < -0.39 is 35.8 Å². The normalized spacial score (nSPS) is 15.8. The van der Waals surface area contributed by atoms with Crippen molar-refractivity contribution in [1.82, 2.24) is 16.0 Å². The Morgan fingerprint density at radius 2 is 1.55 bits per heavy atom. The number of carbonyl (C=O) groups excluding carboxylic acids is 4. The summed E-state index contributed by atoms with van der Waals surface area (Å²) in [6, 6.07) is 7.99. The first kappa shape index (κ1) is 30.3. The Morgan fingerprint density at radius 1 is 0.900 bits per heavy atom. The third-order valence-electron chi connectivity index (χ3n) is 7.22. The highest BCUT2D eigenvalue weighted by Crippen LogP contribution is 2.27. The second-order valence-corrected chi connectivity index (χ2v) is 10.5. The van der Waals surface area contributed by atoms with Crippen LogP contribution < -0.4 is 37.4 Å². The number of carbonyl (C=O) groups is 4. The number of primary amides is 1. The Bertz CT molecular complexity index is 1230. The molecule has 3 atom stereocenters. The maximum absolute atomic E-state index is 13.6. The average molecular weight is 552 g/mol. The molecule has 3 rings (SSSR count). The van der Waals surface area contributed by atoms with Crippen LogP contribution in [0.15, 0.2) is 48.8 Å². The molecule has 40 heavy (non-hydrogen) atoms. The van der Waals surface area contributed by atoms with E-state index in [-0.39, 0.29) is 30.5 Å². The number of pyridine rings is 1. The van der Waals surface area contributed by atoms with Crippen LogP contribution in [0.2, 0.25) is 0 Å². The molecule has 11 heteroatoms. The quantitative estimate of drug-likeness (QED) is 0.104. The van der Waals surface area contributed by atoms with E-state index in [1.165, 1.54) is 6.92 Å². The summed E-state index contributed by atoms with van der Waals surface area (Å²) < 4.78 is 1.85. The average Bonchev–Trinajstić information content (AvgIpc) is 2.91. The smallest absolute Gasteiger partial charge is 0.270 e. The van der Waals surface area contributed by atoms with Crippen molar-refractivity contribution in [2.24, 2.45) is 24.4 Å². The minimum Gasteiger partial charge on any atom is -0.368 e. The standard InChI is InChI=1S/C29H39N7O4/c1-18(37)33-24(15-19-10-12-22(13-11-19)26(30)31)28(39)35-25(21-8-4-3-5-9-21)29(40)34-23(27(32)38)16-20-7-6-14-36(2)17-20/h6-7,10-14,17,21,23-25H,3-5,8-9,15-16H2,1-2H3,(H7-,30,31,32,33,34,35,37,38,39,40)/p+2/t23-,24-,25?/m0/s1. The number of amidine groups is 1. The molecule has 11 nitrogen and oxygen atoms in total. The van der Waals surface area contributed by atoms with E-state index in [1.54, 1.807) is 24.3 Å². The topological polar surface area (TPSA) is 186 Å². The summed E-state index contributed by atoms with van der Waals surface area (Å²) in [5.74, 6) is -1.92. The van der Waals surface area contributed by atoms with Crippen molar-refractivity contribution in [3.63, 3.8) is 0 Å². The molecule has 0 saturated heterocycles. The zero-order valence-electron chi connectivity index (χ0n) is 23.2. The van der Waals surface area contributed by atoms with E-state index in [1.807, 2.05) is 36.1 Å². The van der Waals surface area contributed by atoms with Crippen molar-refractivity contribution < 1.29 is 29.2 Å². The Hall–Kier alpha value is -4.28. The van der Waals surface area contributed by atoms with Crippen LogP contribution in [0.25, 0.3) is 0 Å². The maximum Gasteiger partial charge on any atom is 0.270 e. The van der Waals surface area contributed by atoms with Gasteiger partial charge in [-0.1, -0.05) is 31.4 Å². The van der Waals surface area contributed by atoms with Crippen molar-refractivity contribution >= 4 is 29.5 Å².